The number of rotatable bonds is 6. The van der Waals surface area contributed by atoms with E-state index < -0.39 is 5.97 Å². The summed E-state index contributed by atoms with van der Waals surface area (Å²) < 4.78 is 0. The molecule has 0 unspecified atom stereocenters. The normalized spacial score (nSPS) is 12.3. The third kappa shape index (κ3) is 5.18. The third-order valence-corrected chi connectivity index (χ3v) is 2.31. The van der Waals surface area contributed by atoms with Gasteiger partial charge in [-0.1, -0.05) is 30.3 Å². The lowest BCUT2D eigenvalue weighted by molar-refractivity contribution is -0.136. The van der Waals surface area contributed by atoms with Gasteiger partial charge in [-0.05, 0) is 25.3 Å². The molecule has 0 saturated heterocycles. The van der Waals surface area contributed by atoms with Crippen molar-refractivity contribution in [2.24, 2.45) is 0 Å². The van der Waals surface area contributed by atoms with Crippen LogP contribution in [0.4, 0.5) is 0 Å². The van der Waals surface area contributed by atoms with Gasteiger partial charge in [-0.15, -0.1) is 0 Å². The van der Waals surface area contributed by atoms with Crippen LogP contribution in [0.1, 0.15) is 18.9 Å². The van der Waals surface area contributed by atoms with Gasteiger partial charge in [-0.2, -0.15) is 0 Å². The lowest BCUT2D eigenvalue weighted by Crippen LogP contribution is -2.31. The topological polar surface area (TPSA) is 49.3 Å². The summed E-state index contributed by atoms with van der Waals surface area (Å²) in [5, 5.41) is 11.4. The molecule has 3 nitrogen and oxygen atoms in total. The number of hydrogen-bond acceptors (Lipinski definition) is 2. The Morgan fingerprint density at radius 1 is 1.40 bits per heavy atom. The quantitative estimate of drug-likeness (QED) is 0.746. The van der Waals surface area contributed by atoms with E-state index in [9.17, 15) is 4.79 Å². The predicted molar refractivity (Wildman–Crippen MR) is 59.9 cm³/mol. The average molecular weight is 207 g/mol. The van der Waals surface area contributed by atoms with Crippen molar-refractivity contribution in [3.05, 3.63) is 35.9 Å². The van der Waals surface area contributed by atoms with Crippen LogP contribution in [-0.4, -0.2) is 23.7 Å². The molecule has 0 aliphatic carbocycles. The maximum absolute atomic E-state index is 10.3. The first-order chi connectivity index (χ1) is 7.18. The SMILES string of the molecule is C[C@H](CCc1ccccc1)NCC(=O)O. The Bertz CT molecular complexity index is 298. The molecule has 0 aromatic heterocycles. The van der Waals surface area contributed by atoms with Crippen molar-refractivity contribution in [1.82, 2.24) is 5.32 Å². The highest BCUT2D eigenvalue weighted by molar-refractivity contribution is 5.69. The Morgan fingerprint density at radius 3 is 2.67 bits per heavy atom. The van der Waals surface area contributed by atoms with E-state index in [2.05, 4.69) is 17.4 Å². The van der Waals surface area contributed by atoms with Crippen molar-refractivity contribution < 1.29 is 9.90 Å². The smallest absolute Gasteiger partial charge is 0.317 e. The summed E-state index contributed by atoms with van der Waals surface area (Å²) in [5.41, 5.74) is 1.29. The summed E-state index contributed by atoms with van der Waals surface area (Å²) in [6.45, 7) is 2.04. The minimum atomic E-state index is -0.804. The standard InChI is InChI=1S/C12H17NO2/c1-10(13-9-12(14)15)7-8-11-5-3-2-4-6-11/h2-6,10,13H,7-9H2,1H3,(H,14,15)/t10-/m1/s1. The Morgan fingerprint density at radius 2 is 2.07 bits per heavy atom. The number of hydrogen-bond donors (Lipinski definition) is 2. The Kier molecular flexibility index (Phi) is 4.84. The zero-order valence-electron chi connectivity index (χ0n) is 8.94. The maximum Gasteiger partial charge on any atom is 0.317 e. The summed E-state index contributed by atoms with van der Waals surface area (Å²) >= 11 is 0. The zero-order valence-corrected chi connectivity index (χ0v) is 8.94. The molecule has 0 heterocycles. The molecule has 1 atom stereocenters. The van der Waals surface area contributed by atoms with Crippen molar-refractivity contribution in [2.75, 3.05) is 6.54 Å². The van der Waals surface area contributed by atoms with Gasteiger partial charge < -0.3 is 10.4 Å². The van der Waals surface area contributed by atoms with Crippen LogP contribution < -0.4 is 5.32 Å². The molecule has 0 bridgehead atoms. The molecule has 0 spiro atoms. The van der Waals surface area contributed by atoms with Crippen LogP contribution in [-0.2, 0) is 11.2 Å². The van der Waals surface area contributed by atoms with E-state index in [1.54, 1.807) is 0 Å². The van der Waals surface area contributed by atoms with E-state index in [0.717, 1.165) is 12.8 Å². The van der Waals surface area contributed by atoms with Crippen LogP contribution in [0.3, 0.4) is 0 Å². The summed E-state index contributed by atoms with van der Waals surface area (Å²) in [6.07, 6.45) is 1.94. The van der Waals surface area contributed by atoms with Gasteiger partial charge >= 0.3 is 5.97 Å². The van der Waals surface area contributed by atoms with Gasteiger partial charge in [0.2, 0.25) is 0 Å². The van der Waals surface area contributed by atoms with Crippen LogP contribution in [0.5, 0.6) is 0 Å². The zero-order chi connectivity index (χ0) is 11.1. The second-order valence-corrected chi connectivity index (χ2v) is 3.70. The number of carboxylic acids is 1. The summed E-state index contributed by atoms with van der Waals surface area (Å²) in [7, 11) is 0. The van der Waals surface area contributed by atoms with E-state index in [4.69, 9.17) is 5.11 Å². The van der Waals surface area contributed by atoms with E-state index in [1.807, 2.05) is 25.1 Å². The van der Waals surface area contributed by atoms with Gasteiger partial charge in [0.25, 0.3) is 0 Å². The highest BCUT2D eigenvalue weighted by Gasteiger charge is 2.03. The van der Waals surface area contributed by atoms with Gasteiger partial charge in [0.05, 0.1) is 6.54 Å². The fourth-order valence-electron chi connectivity index (χ4n) is 1.39. The molecule has 0 amide bonds. The predicted octanol–water partition coefficient (Wildman–Crippen LogP) is 1.68. The molecule has 0 aliphatic heterocycles. The molecule has 0 fully saturated rings. The van der Waals surface area contributed by atoms with E-state index >= 15 is 0 Å². The second kappa shape index (κ2) is 6.19. The largest absolute Gasteiger partial charge is 0.480 e. The fraction of sp³-hybridized carbons (Fsp3) is 0.417. The molecule has 1 rings (SSSR count). The van der Waals surface area contributed by atoms with E-state index in [1.165, 1.54) is 5.56 Å². The number of aryl methyl sites for hydroxylation is 1. The molecule has 2 N–H and O–H groups in total. The Labute approximate surface area is 90.1 Å². The van der Waals surface area contributed by atoms with Gasteiger partial charge in [0.1, 0.15) is 0 Å². The number of benzene rings is 1. The number of carboxylic acid groups (broad SMARTS) is 1. The molecule has 3 heteroatoms. The molecule has 0 saturated carbocycles. The minimum Gasteiger partial charge on any atom is -0.480 e. The Hall–Kier alpha value is -1.35. The number of nitrogens with one attached hydrogen (secondary N) is 1. The summed E-state index contributed by atoms with van der Waals surface area (Å²) in [5.74, 6) is -0.804. The lowest BCUT2D eigenvalue weighted by atomic mass is 10.1. The van der Waals surface area contributed by atoms with Gasteiger partial charge in [-0.3, -0.25) is 4.79 Å². The molecule has 0 radical (unpaired) electrons. The molecule has 1 aromatic rings. The first-order valence-electron chi connectivity index (χ1n) is 5.17. The maximum atomic E-state index is 10.3. The Balaban J connectivity index is 2.22. The first-order valence-corrected chi connectivity index (χ1v) is 5.17. The number of carbonyl (C=O) groups is 1. The van der Waals surface area contributed by atoms with Gasteiger partial charge in [-0.25, -0.2) is 0 Å². The average Bonchev–Trinajstić information content (AvgIpc) is 2.25. The minimum absolute atomic E-state index is 0.0377. The van der Waals surface area contributed by atoms with Crippen molar-refractivity contribution in [2.45, 2.75) is 25.8 Å². The van der Waals surface area contributed by atoms with Crippen LogP contribution in [0.2, 0.25) is 0 Å². The fourth-order valence-corrected chi connectivity index (χ4v) is 1.39. The monoisotopic (exact) mass is 207 g/mol. The number of aliphatic carboxylic acids is 1. The van der Waals surface area contributed by atoms with Crippen molar-refractivity contribution in [3.63, 3.8) is 0 Å². The molecular weight excluding hydrogens is 190 g/mol. The lowest BCUT2D eigenvalue weighted by Gasteiger charge is -2.11. The summed E-state index contributed by atoms with van der Waals surface area (Å²) in [4.78, 5) is 10.3. The highest BCUT2D eigenvalue weighted by Crippen LogP contribution is 2.04. The van der Waals surface area contributed by atoms with Crippen LogP contribution in [0.25, 0.3) is 0 Å². The molecule has 1 aromatic carbocycles. The van der Waals surface area contributed by atoms with E-state index in [0.29, 0.717) is 0 Å². The van der Waals surface area contributed by atoms with Crippen molar-refractivity contribution >= 4 is 5.97 Å². The first kappa shape index (κ1) is 11.7. The molecular formula is C12H17NO2. The van der Waals surface area contributed by atoms with Crippen molar-refractivity contribution in [1.29, 1.82) is 0 Å². The van der Waals surface area contributed by atoms with Crippen LogP contribution in [0.15, 0.2) is 30.3 Å². The second-order valence-electron chi connectivity index (χ2n) is 3.70. The van der Waals surface area contributed by atoms with Crippen LogP contribution >= 0.6 is 0 Å². The van der Waals surface area contributed by atoms with Crippen LogP contribution in [0, 0.1) is 0 Å². The highest BCUT2D eigenvalue weighted by atomic mass is 16.4. The van der Waals surface area contributed by atoms with Gasteiger partial charge in [0, 0.05) is 6.04 Å². The molecule has 15 heavy (non-hydrogen) atoms. The van der Waals surface area contributed by atoms with E-state index in [-0.39, 0.29) is 12.6 Å². The molecule has 82 valence electrons. The summed E-state index contributed by atoms with van der Waals surface area (Å²) in [6, 6.07) is 10.4. The van der Waals surface area contributed by atoms with Gasteiger partial charge in [0.15, 0.2) is 0 Å². The molecule has 0 aliphatic rings. The third-order valence-electron chi connectivity index (χ3n) is 2.31. The van der Waals surface area contributed by atoms with Crippen molar-refractivity contribution in [3.8, 4) is 0 Å².